The second kappa shape index (κ2) is 8.13. The van der Waals surface area contributed by atoms with Gasteiger partial charge in [-0.25, -0.2) is 0 Å². The van der Waals surface area contributed by atoms with E-state index in [9.17, 15) is 0 Å². The molecule has 1 heterocycles. The zero-order valence-corrected chi connectivity index (χ0v) is 12.8. The van der Waals surface area contributed by atoms with Crippen molar-refractivity contribution in [2.75, 3.05) is 33.4 Å². The molecular formula is C15H32N2O. The zero-order chi connectivity index (χ0) is 13.4. The first kappa shape index (κ1) is 15.9. The van der Waals surface area contributed by atoms with Crippen LogP contribution in [-0.2, 0) is 4.74 Å². The molecular weight excluding hydrogens is 224 g/mol. The molecule has 1 rings (SSSR count). The minimum atomic E-state index is 0.242. The zero-order valence-electron chi connectivity index (χ0n) is 12.8. The molecule has 0 aromatic carbocycles. The van der Waals surface area contributed by atoms with Crippen molar-refractivity contribution in [3.63, 3.8) is 0 Å². The Kier molecular flexibility index (Phi) is 7.20. The molecule has 0 aromatic rings. The molecule has 1 aliphatic rings. The minimum absolute atomic E-state index is 0.242. The van der Waals surface area contributed by atoms with Crippen LogP contribution >= 0.6 is 0 Å². The maximum atomic E-state index is 5.81. The van der Waals surface area contributed by atoms with Crippen molar-refractivity contribution in [1.82, 2.24) is 10.2 Å². The Morgan fingerprint density at radius 2 is 2.00 bits per heavy atom. The summed E-state index contributed by atoms with van der Waals surface area (Å²) in [6, 6.07) is 0.659. The number of likely N-dealkylation sites (N-methyl/N-ethyl adjacent to an activating group) is 1. The molecule has 0 spiro atoms. The molecule has 0 saturated carbocycles. The van der Waals surface area contributed by atoms with E-state index in [1.54, 1.807) is 0 Å². The van der Waals surface area contributed by atoms with Crippen LogP contribution in [0.1, 0.15) is 52.9 Å². The van der Waals surface area contributed by atoms with E-state index in [0.29, 0.717) is 6.04 Å². The Bertz CT molecular complexity index is 213. The monoisotopic (exact) mass is 256 g/mol. The standard InChI is InChI=1S/C15H32N2O/c1-15(2,3)16-10-6-8-12-18-13-14-9-5-7-11-17(14)4/h14,16H,5-13H2,1-4H3. The van der Waals surface area contributed by atoms with Gasteiger partial charge in [0.05, 0.1) is 6.61 Å². The lowest BCUT2D eigenvalue weighted by atomic mass is 10.0. The number of nitrogens with zero attached hydrogens (tertiary/aromatic N) is 1. The molecule has 3 nitrogen and oxygen atoms in total. The Hall–Kier alpha value is -0.120. The highest BCUT2D eigenvalue weighted by Crippen LogP contribution is 2.15. The Labute approximate surface area is 113 Å². The van der Waals surface area contributed by atoms with Crippen molar-refractivity contribution in [3.8, 4) is 0 Å². The van der Waals surface area contributed by atoms with Gasteiger partial charge in [-0.2, -0.15) is 0 Å². The van der Waals surface area contributed by atoms with Crippen LogP contribution in [0, 0.1) is 0 Å². The number of rotatable bonds is 7. The molecule has 1 atom stereocenters. The molecule has 0 bridgehead atoms. The summed E-state index contributed by atoms with van der Waals surface area (Å²) in [7, 11) is 2.22. The van der Waals surface area contributed by atoms with Crippen molar-refractivity contribution in [2.45, 2.75) is 64.5 Å². The average molecular weight is 256 g/mol. The molecule has 0 aromatic heterocycles. The number of hydrogen-bond acceptors (Lipinski definition) is 3. The van der Waals surface area contributed by atoms with Gasteiger partial charge < -0.3 is 15.0 Å². The van der Waals surface area contributed by atoms with Crippen LogP contribution in [0.25, 0.3) is 0 Å². The molecule has 3 heteroatoms. The second-order valence-electron chi connectivity index (χ2n) is 6.59. The van der Waals surface area contributed by atoms with E-state index in [-0.39, 0.29) is 5.54 Å². The summed E-state index contributed by atoms with van der Waals surface area (Å²) >= 11 is 0. The maximum Gasteiger partial charge on any atom is 0.0621 e. The summed E-state index contributed by atoms with van der Waals surface area (Å²) in [5.41, 5.74) is 0.242. The Balaban J connectivity index is 1.92. The van der Waals surface area contributed by atoms with Crippen LogP contribution in [0.3, 0.4) is 0 Å². The van der Waals surface area contributed by atoms with E-state index in [4.69, 9.17) is 4.74 Å². The highest BCUT2D eigenvalue weighted by molar-refractivity contribution is 4.73. The van der Waals surface area contributed by atoms with Gasteiger partial charge in [-0.1, -0.05) is 6.42 Å². The van der Waals surface area contributed by atoms with E-state index in [1.807, 2.05) is 0 Å². The lowest BCUT2D eigenvalue weighted by Crippen LogP contribution is -2.39. The van der Waals surface area contributed by atoms with Gasteiger partial charge >= 0.3 is 0 Å². The first-order valence-corrected chi connectivity index (χ1v) is 7.52. The largest absolute Gasteiger partial charge is 0.380 e. The smallest absolute Gasteiger partial charge is 0.0621 e. The van der Waals surface area contributed by atoms with Gasteiger partial charge in [0, 0.05) is 18.2 Å². The number of ether oxygens (including phenoxy) is 1. The van der Waals surface area contributed by atoms with Gasteiger partial charge in [0.15, 0.2) is 0 Å². The van der Waals surface area contributed by atoms with E-state index >= 15 is 0 Å². The van der Waals surface area contributed by atoms with Gasteiger partial charge in [-0.3, -0.25) is 0 Å². The van der Waals surface area contributed by atoms with E-state index < -0.39 is 0 Å². The van der Waals surface area contributed by atoms with Crippen LogP contribution in [0.2, 0.25) is 0 Å². The molecule has 108 valence electrons. The van der Waals surface area contributed by atoms with Gasteiger partial charge in [-0.15, -0.1) is 0 Å². The van der Waals surface area contributed by atoms with E-state index in [1.165, 1.54) is 38.6 Å². The van der Waals surface area contributed by atoms with E-state index in [0.717, 1.165) is 19.8 Å². The van der Waals surface area contributed by atoms with Crippen LogP contribution < -0.4 is 5.32 Å². The molecule has 0 aliphatic carbocycles. The third kappa shape index (κ3) is 7.34. The van der Waals surface area contributed by atoms with Crippen molar-refractivity contribution in [3.05, 3.63) is 0 Å². The minimum Gasteiger partial charge on any atom is -0.380 e. The van der Waals surface area contributed by atoms with Gasteiger partial charge in [0.25, 0.3) is 0 Å². The number of likely N-dealkylation sites (tertiary alicyclic amines) is 1. The van der Waals surface area contributed by atoms with Gasteiger partial charge in [0.1, 0.15) is 0 Å². The lowest BCUT2D eigenvalue weighted by molar-refractivity contribution is 0.0513. The number of hydrogen-bond donors (Lipinski definition) is 1. The van der Waals surface area contributed by atoms with E-state index in [2.05, 4.69) is 38.0 Å². The first-order valence-electron chi connectivity index (χ1n) is 7.52. The quantitative estimate of drug-likeness (QED) is 0.709. The fourth-order valence-electron chi connectivity index (χ4n) is 2.37. The summed E-state index contributed by atoms with van der Waals surface area (Å²) in [6.07, 6.45) is 6.40. The number of nitrogens with one attached hydrogen (secondary N) is 1. The van der Waals surface area contributed by atoms with Crippen LogP contribution in [0.4, 0.5) is 0 Å². The van der Waals surface area contributed by atoms with Gasteiger partial charge in [0.2, 0.25) is 0 Å². The molecule has 1 aliphatic heterocycles. The second-order valence-corrected chi connectivity index (χ2v) is 6.59. The normalized spacial score (nSPS) is 22.3. The van der Waals surface area contributed by atoms with Crippen molar-refractivity contribution < 1.29 is 4.74 Å². The summed E-state index contributed by atoms with van der Waals surface area (Å²) in [4.78, 5) is 2.45. The Morgan fingerprint density at radius 3 is 2.67 bits per heavy atom. The third-order valence-corrected chi connectivity index (χ3v) is 3.60. The molecule has 1 saturated heterocycles. The Morgan fingerprint density at radius 1 is 1.22 bits per heavy atom. The summed E-state index contributed by atoms with van der Waals surface area (Å²) in [5.74, 6) is 0. The lowest BCUT2D eigenvalue weighted by Gasteiger charge is -2.32. The van der Waals surface area contributed by atoms with Crippen molar-refractivity contribution in [2.24, 2.45) is 0 Å². The number of unbranched alkanes of at least 4 members (excludes halogenated alkanes) is 1. The highest BCUT2D eigenvalue weighted by Gasteiger charge is 2.18. The van der Waals surface area contributed by atoms with Gasteiger partial charge in [-0.05, 0) is 66.6 Å². The highest BCUT2D eigenvalue weighted by atomic mass is 16.5. The fourth-order valence-corrected chi connectivity index (χ4v) is 2.37. The average Bonchev–Trinajstić information content (AvgIpc) is 2.28. The topological polar surface area (TPSA) is 24.5 Å². The molecule has 1 unspecified atom stereocenters. The van der Waals surface area contributed by atoms with Crippen LogP contribution in [0.5, 0.6) is 0 Å². The summed E-state index contributed by atoms with van der Waals surface area (Å²) < 4.78 is 5.81. The predicted molar refractivity (Wildman–Crippen MR) is 78.1 cm³/mol. The fraction of sp³-hybridized carbons (Fsp3) is 1.00. The van der Waals surface area contributed by atoms with Crippen molar-refractivity contribution in [1.29, 1.82) is 0 Å². The molecule has 18 heavy (non-hydrogen) atoms. The predicted octanol–water partition coefficient (Wildman–Crippen LogP) is 2.66. The SMILES string of the molecule is CN1CCCCC1COCCCCNC(C)(C)C. The van der Waals surface area contributed by atoms with Crippen LogP contribution in [0.15, 0.2) is 0 Å². The summed E-state index contributed by atoms with van der Waals surface area (Å²) in [5, 5.41) is 3.51. The van der Waals surface area contributed by atoms with Crippen LogP contribution in [-0.4, -0.2) is 49.8 Å². The first-order chi connectivity index (χ1) is 8.49. The maximum absolute atomic E-state index is 5.81. The number of piperidine rings is 1. The molecule has 0 radical (unpaired) electrons. The molecule has 1 N–H and O–H groups in total. The molecule has 1 fully saturated rings. The summed E-state index contributed by atoms with van der Waals surface area (Å²) in [6.45, 7) is 10.8. The molecule has 0 amide bonds. The third-order valence-electron chi connectivity index (χ3n) is 3.60. The van der Waals surface area contributed by atoms with Crippen molar-refractivity contribution >= 4 is 0 Å².